The Morgan fingerprint density at radius 1 is 0.588 bits per heavy atom. The van der Waals surface area contributed by atoms with E-state index in [0.29, 0.717) is 23.5 Å². The predicted octanol–water partition coefficient (Wildman–Crippen LogP) is 10.8. The lowest BCUT2D eigenvalue weighted by Crippen LogP contribution is -2.44. The van der Waals surface area contributed by atoms with Crippen LogP contribution in [-0.4, -0.2) is 110 Å². The second kappa shape index (κ2) is 20.7. The van der Waals surface area contributed by atoms with Crippen molar-refractivity contribution in [3.8, 4) is 46.0 Å². The smallest absolute Gasteiger partial charge is 0.444 e. The van der Waals surface area contributed by atoms with E-state index in [0.717, 1.165) is 58.9 Å². The average molecular weight is 1260 g/mol. The number of rotatable bonds is 16. The maximum absolute atomic E-state index is 14.4. The number of hydrogen-bond acceptors (Lipinski definition) is 12. The number of aryl methyl sites for hydroxylation is 2. The highest BCUT2D eigenvalue weighted by atomic mass is 35.5. The van der Waals surface area contributed by atoms with Crippen LogP contribution < -0.4 is 0 Å². The highest BCUT2D eigenvalue weighted by molar-refractivity contribution is 6.34. The molecule has 0 bridgehead atoms. The maximum atomic E-state index is 14.4. The molecule has 3 saturated carbocycles. The van der Waals surface area contributed by atoms with Crippen molar-refractivity contribution in [1.82, 2.24) is 48.9 Å². The van der Waals surface area contributed by atoms with Gasteiger partial charge in [-0.05, 0) is 67.5 Å². The second-order valence-electron chi connectivity index (χ2n) is 19.6. The van der Waals surface area contributed by atoms with Crippen LogP contribution in [0.2, 0.25) is 10.0 Å². The first-order chi connectivity index (χ1) is 39.3. The molecule has 0 spiro atoms. The van der Waals surface area contributed by atoms with Gasteiger partial charge in [-0.2, -0.15) is 101 Å². The minimum Gasteiger partial charge on any atom is -0.444 e. The van der Waals surface area contributed by atoms with Crippen molar-refractivity contribution < 1.29 is 98.9 Å². The molecule has 3 fully saturated rings. The van der Waals surface area contributed by atoms with Crippen molar-refractivity contribution in [2.24, 2.45) is 25.9 Å². The van der Waals surface area contributed by atoms with Gasteiger partial charge in [0.1, 0.15) is 22.2 Å². The summed E-state index contributed by atoms with van der Waals surface area (Å²) in [6, 6.07) is 10.8. The van der Waals surface area contributed by atoms with E-state index >= 15 is 0 Å². The Balaban J connectivity index is 0.878. The molecule has 3 aliphatic rings. The van der Waals surface area contributed by atoms with E-state index in [1.807, 2.05) is 12.1 Å². The molecule has 2 amide bonds. The number of carbonyl (C=O) groups excluding carboxylic acids is 4. The zero-order chi connectivity index (χ0) is 62.7. The van der Waals surface area contributed by atoms with Crippen LogP contribution in [0.5, 0.6) is 0 Å². The van der Waals surface area contributed by atoms with Crippen molar-refractivity contribution in [3.63, 3.8) is 0 Å². The minimum absolute atomic E-state index is 0.0412. The number of alkyl halides is 16. The quantitative estimate of drug-likeness (QED) is 0.0503. The van der Waals surface area contributed by atoms with Crippen LogP contribution in [0, 0.1) is 34.5 Å². The van der Waals surface area contributed by atoms with Gasteiger partial charge in [0.15, 0.2) is 36.5 Å². The van der Waals surface area contributed by atoms with Gasteiger partial charge >= 0.3 is 48.5 Å². The molecule has 2 aromatic carbocycles. The molecule has 85 heavy (non-hydrogen) atoms. The third-order valence-corrected chi connectivity index (χ3v) is 14.7. The van der Waals surface area contributed by atoms with Gasteiger partial charge in [-0.25, -0.2) is 18.7 Å². The minimum atomic E-state index is -6.48. The van der Waals surface area contributed by atoms with Gasteiger partial charge in [0.25, 0.3) is 11.8 Å². The first-order valence-electron chi connectivity index (χ1n) is 24.0. The van der Waals surface area contributed by atoms with E-state index in [9.17, 15) is 99.9 Å². The second-order valence-corrected chi connectivity index (χ2v) is 20.4. The normalized spacial score (nSPS) is 17.4. The van der Waals surface area contributed by atoms with Crippen LogP contribution in [0.3, 0.4) is 0 Å². The average Bonchev–Trinajstić information content (AvgIpc) is 1.86. The summed E-state index contributed by atoms with van der Waals surface area (Å²) in [5.41, 5.74) is -14.5. The monoisotopic (exact) mass is 1260 g/mol. The van der Waals surface area contributed by atoms with Crippen LogP contribution in [-0.2, 0) is 57.4 Å². The highest BCUT2D eigenvalue weighted by Crippen LogP contribution is 2.52. The Kier molecular flexibility index (Phi) is 14.9. The Morgan fingerprint density at radius 3 is 1.22 bits per heavy atom. The van der Waals surface area contributed by atoms with Gasteiger partial charge in [-0.1, -0.05) is 35.3 Å². The van der Waals surface area contributed by atoms with Crippen molar-refractivity contribution in [3.05, 3.63) is 105 Å². The van der Waals surface area contributed by atoms with Gasteiger partial charge in [-0.15, -0.1) is 0 Å². The van der Waals surface area contributed by atoms with Crippen molar-refractivity contribution in [2.75, 3.05) is 13.5 Å². The van der Waals surface area contributed by atoms with Gasteiger partial charge in [0.05, 0.1) is 57.5 Å². The van der Waals surface area contributed by atoms with E-state index in [1.165, 1.54) is 12.1 Å². The molecule has 9 rings (SSSR count). The SMILES string of the molecule is Cn1nc(C(F)(F)C(F)(F)F)c(C(F)(F)F)c1-n1cc(-c2ccc(Cl)c(C(=O)N(COC(=O)C3CC3C(=O)OCN(C(=O)c3cc(-c4cnn(-c5c(C(F)(F)F)c(C(F)(F)C(F)(F)F)nn5C)c4)ccc3Cl)C3(C#N)CC3)C3(C#N)CC3)c2)cn1. The molecule has 6 aromatic rings. The van der Waals surface area contributed by atoms with E-state index in [4.69, 9.17) is 32.7 Å². The van der Waals surface area contributed by atoms with Crippen LogP contribution in [0.25, 0.3) is 33.9 Å². The first-order valence-corrected chi connectivity index (χ1v) is 24.8. The third kappa shape index (κ3) is 10.9. The van der Waals surface area contributed by atoms with Crippen LogP contribution in [0.15, 0.2) is 61.2 Å². The van der Waals surface area contributed by atoms with E-state index in [1.54, 1.807) is 0 Å². The fourth-order valence-corrected chi connectivity index (χ4v) is 9.45. The summed E-state index contributed by atoms with van der Waals surface area (Å²) in [5.74, 6) is -21.5. The molecule has 18 nitrogen and oxygen atoms in total. The molecule has 4 aromatic heterocycles. The Morgan fingerprint density at radius 2 is 0.929 bits per heavy atom. The maximum Gasteiger partial charge on any atom is 0.459 e. The number of aromatic nitrogens is 8. The van der Waals surface area contributed by atoms with Crippen LogP contribution >= 0.6 is 23.2 Å². The van der Waals surface area contributed by atoms with E-state index in [-0.39, 0.29) is 84.9 Å². The Labute approximate surface area is 474 Å². The number of ether oxygens (including phenoxy) is 2. The molecule has 0 radical (unpaired) electrons. The number of amides is 2. The van der Waals surface area contributed by atoms with Crippen molar-refractivity contribution in [1.29, 1.82) is 10.5 Å². The summed E-state index contributed by atoms with van der Waals surface area (Å²) < 4.78 is 234. The number of benzene rings is 2. The molecular weight excluding hydrogens is 1230 g/mol. The molecule has 2 unspecified atom stereocenters. The Bertz CT molecular complexity index is 3560. The van der Waals surface area contributed by atoms with Crippen LogP contribution in [0.1, 0.15) is 75.3 Å². The third-order valence-electron chi connectivity index (χ3n) is 14.0. The van der Waals surface area contributed by atoms with Gasteiger partial charge < -0.3 is 9.47 Å². The van der Waals surface area contributed by atoms with Gasteiger partial charge in [-0.3, -0.25) is 29.0 Å². The van der Waals surface area contributed by atoms with Crippen molar-refractivity contribution in [2.45, 2.75) is 79.7 Å². The lowest BCUT2D eigenvalue weighted by Gasteiger charge is -2.27. The molecule has 36 heteroatoms. The number of nitrogens with zero attached hydrogens (tertiary/aromatic N) is 12. The zero-order valence-electron chi connectivity index (χ0n) is 42.5. The summed E-state index contributed by atoms with van der Waals surface area (Å²) in [4.78, 5) is 56.9. The Hall–Kier alpha value is -8.40. The lowest BCUT2D eigenvalue weighted by atomic mass is 10.0. The predicted molar refractivity (Wildman–Crippen MR) is 252 cm³/mol. The van der Waals surface area contributed by atoms with E-state index in [2.05, 4.69) is 20.4 Å². The van der Waals surface area contributed by atoms with Gasteiger partial charge in [0, 0.05) is 37.6 Å². The fraction of sp³-hybridized carbons (Fsp3) is 0.388. The van der Waals surface area contributed by atoms with Crippen LogP contribution in [0.4, 0.5) is 70.2 Å². The summed E-state index contributed by atoms with van der Waals surface area (Å²) >= 11 is 12.8. The van der Waals surface area contributed by atoms with Gasteiger partial charge in [0.2, 0.25) is 0 Å². The molecule has 3 aliphatic carbocycles. The number of hydrogen-bond donors (Lipinski definition) is 0. The molecule has 0 aliphatic heterocycles. The number of halogens is 18. The molecule has 0 saturated heterocycles. The standard InChI is InChI=1S/C49H32Cl2F16N12O6/c1-74-36(32(46(56,57)58)34(72-74)44(52,53)48(62,63)64)78-16-24(14-70-78)22-3-5-30(50)28(11-22)38(80)76(42(18-68)7-8-42)20-84-40(82)26-13-27(26)41(83)85-21-77(43(19-69)9-10-43)39(81)29-12-23(4-6-31(29)51)25-15-71-79(17-25)37-33(47(59,60)61)35(73-75(37)2)45(54,55)49(65,66)67/h3-6,11-12,14-17,26-27H,7-10,13,20-21H2,1-2H3. The van der Waals surface area contributed by atoms with Crippen molar-refractivity contribution >= 4 is 47.0 Å². The molecule has 2 atom stereocenters. The number of nitriles is 2. The molecule has 0 N–H and O–H groups in total. The zero-order valence-corrected chi connectivity index (χ0v) is 44.0. The topological polar surface area (TPSA) is 212 Å². The highest BCUT2D eigenvalue weighted by Gasteiger charge is 2.66. The summed E-state index contributed by atoms with van der Waals surface area (Å²) in [7, 11) is 1.33. The summed E-state index contributed by atoms with van der Waals surface area (Å²) in [5, 5.41) is 32.8. The van der Waals surface area contributed by atoms with E-state index < -0.39 is 131 Å². The fourth-order valence-electron chi connectivity index (χ4n) is 9.05. The number of esters is 2. The molecular formula is C49H32Cl2F16N12O6. The summed E-state index contributed by atoms with van der Waals surface area (Å²) in [6.07, 6.45) is -21.2. The largest absolute Gasteiger partial charge is 0.459 e. The number of carbonyl (C=O) groups is 4. The molecule has 450 valence electrons. The first kappa shape index (κ1) is 61.2. The summed E-state index contributed by atoms with van der Waals surface area (Å²) in [6.45, 7) is -1.86. The molecule has 4 heterocycles. The lowest BCUT2D eigenvalue weighted by molar-refractivity contribution is -0.292.